The van der Waals surface area contributed by atoms with Gasteiger partial charge in [0.1, 0.15) is 5.82 Å². The molecule has 0 spiro atoms. The first-order chi connectivity index (χ1) is 14.0. The molecule has 1 saturated carbocycles. The minimum absolute atomic E-state index is 0.138. The smallest absolute Gasteiger partial charge is 0.319 e. The van der Waals surface area contributed by atoms with Gasteiger partial charge >= 0.3 is 6.03 Å². The molecule has 4 nitrogen and oxygen atoms in total. The highest BCUT2D eigenvalue weighted by Crippen LogP contribution is 2.35. The van der Waals surface area contributed by atoms with Crippen molar-refractivity contribution in [2.24, 2.45) is 0 Å². The molecule has 1 unspecified atom stereocenters. The first-order valence-corrected chi connectivity index (χ1v) is 11.1. The van der Waals surface area contributed by atoms with Gasteiger partial charge in [0.15, 0.2) is 0 Å². The summed E-state index contributed by atoms with van der Waals surface area (Å²) in [5, 5.41) is 6.21. The molecule has 2 amide bonds. The average molecular weight is 460 g/mol. The maximum Gasteiger partial charge on any atom is 0.319 e. The fraction of sp³-hybridized carbons (Fsp3) is 0.435. The Labute approximate surface area is 180 Å². The summed E-state index contributed by atoms with van der Waals surface area (Å²) in [5.74, 6) is -0.188. The number of carbonyl (C=O) groups is 1. The van der Waals surface area contributed by atoms with Crippen molar-refractivity contribution in [2.75, 3.05) is 18.4 Å². The van der Waals surface area contributed by atoms with E-state index in [0.29, 0.717) is 6.04 Å². The fourth-order valence-corrected chi connectivity index (χ4v) is 4.74. The summed E-state index contributed by atoms with van der Waals surface area (Å²) < 4.78 is 14.2. The first-order valence-electron chi connectivity index (χ1n) is 10.3. The van der Waals surface area contributed by atoms with Crippen molar-refractivity contribution in [3.05, 3.63) is 64.4 Å². The second-order valence-corrected chi connectivity index (χ2v) is 9.23. The van der Waals surface area contributed by atoms with Gasteiger partial charge in [0.05, 0.1) is 5.54 Å². The normalized spacial score (nSPS) is 20.8. The van der Waals surface area contributed by atoms with E-state index in [1.54, 1.807) is 0 Å². The fourth-order valence-electron chi connectivity index (χ4n) is 4.48. The quantitative estimate of drug-likeness (QED) is 0.612. The van der Waals surface area contributed by atoms with Gasteiger partial charge in [-0.2, -0.15) is 0 Å². The molecule has 0 aromatic heterocycles. The molecule has 0 radical (unpaired) electrons. The Kier molecular flexibility index (Phi) is 6.20. The van der Waals surface area contributed by atoms with Crippen LogP contribution in [0.5, 0.6) is 0 Å². The topological polar surface area (TPSA) is 44.4 Å². The van der Waals surface area contributed by atoms with E-state index in [4.69, 9.17) is 0 Å². The van der Waals surface area contributed by atoms with Gasteiger partial charge in [-0.05, 0) is 87.0 Å². The largest absolute Gasteiger partial charge is 0.331 e. The summed E-state index contributed by atoms with van der Waals surface area (Å²) >= 11 is 3.41. The van der Waals surface area contributed by atoms with Crippen LogP contribution >= 0.6 is 15.9 Å². The number of benzene rings is 2. The standard InChI is InChI=1S/C23H27BrFN3O/c24-18-6-10-20(11-7-18)26-22(29)27-23(12-2-13-23)16-28-14-1-3-21(28)15-17-4-8-19(25)9-5-17/h4-11,21H,1-3,12-16H2,(H2,26,27,29). The zero-order valence-corrected chi connectivity index (χ0v) is 18.1. The number of likely N-dealkylation sites (tertiary alicyclic amines) is 1. The number of hydrogen-bond acceptors (Lipinski definition) is 2. The Morgan fingerprint density at radius 3 is 2.48 bits per heavy atom. The summed E-state index contributed by atoms with van der Waals surface area (Å²) in [6.07, 6.45) is 6.43. The molecule has 1 heterocycles. The van der Waals surface area contributed by atoms with Crippen LogP contribution in [-0.2, 0) is 6.42 Å². The van der Waals surface area contributed by atoms with Gasteiger partial charge < -0.3 is 10.6 Å². The van der Waals surface area contributed by atoms with E-state index in [1.807, 2.05) is 36.4 Å². The van der Waals surface area contributed by atoms with Crippen LogP contribution in [0.15, 0.2) is 53.0 Å². The Morgan fingerprint density at radius 2 is 1.83 bits per heavy atom. The predicted octanol–water partition coefficient (Wildman–Crippen LogP) is 5.34. The van der Waals surface area contributed by atoms with E-state index in [-0.39, 0.29) is 17.4 Å². The number of rotatable bonds is 6. The van der Waals surface area contributed by atoms with E-state index in [2.05, 4.69) is 31.5 Å². The van der Waals surface area contributed by atoms with E-state index < -0.39 is 0 Å². The van der Waals surface area contributed by atoms with Crippen molar-refractivity contribution in [2.45, 2.75) is 50.1 Å². The minimum atomic E-state index is -0.188. The highest BCUT2D eigenvalue weighted by atomic mass is 79.9. The van der Waals surface area contributed by atoms with Gasteiger partial charge in [-0.15, -0.1) is 0 Å². The Hall–Kier alpha value is -1.92. The lowest BCUT2D eigenvalue weighted by atomic mass is 9.76. The number of halogens is 2. The summed E-state index contributed by atoms with van der Waals surface area (Å²) in [4.78, 5) is 15.1. The van der Waals surface area contributed by atoms with Crippen molar-refractivity contribution in [1.82, 2.24) is 10.2 Å². The molecule has 154 valence electrons. The summed E-state index contributed by atoms with van der Waals surface area (Å²) in [7, 11) is 0. The molecule has 1 aliphatic carbocycles. The molecule has 6 heteroatoms. The predicted molar refractivity (Wildman–Crippen MR) is 118 cm³/mol. The third-order valence-electron chi connectivity index (χ3n) is 6.18. The maximum atomic E-state index is 13.2. The van der Waals surface area contributed by atoms with Crippen molar-refractivity contribution < 1.29 is 9.18 Å². The molecule has 1 aliphatic heterocycles. The van der Waals surface area contributed by atoms with Crippen LogP contribution in [-0.4, -0.2) is 35.6 Å². The molecule has 2 aromatic carbocycles. The minimum Gasteiger partial charge on any atom is -0.331 e. The van der Waals surface area contributed by atoms with Gasteiger partial charge in [-0.25, -0.2) is 9.18 Å². The van der Waals surface area contributed by atoms with Gasteiger partial charge in [-0.3, -0.25) is 4.90 Å². The molecular weight excluding hydrogens is 433 g/mol. The highest BCUT2D eigenvalue weighted by molar-refractivity contribution is 9.10. The number of carbonyl (C=O) groups excluding carboxylic acids is 1. The van der Waals surface area contributed by atoms with Crippen molar-refractivity contribution in [1.29, 1.82) is 0 Å². The van der Waals surface area contributed by atoms with Crippen LogP contribution in [0.2, 0.25) is 0 Å². The summed E-state index contributed by atoms with van der Waals surface area (Å²) in [6.45, 7) is 1.94. The zero-order valence-electron chi connectivity index (χ0n) is 16.5. The van der Waals surface area contributed by atoms with Crippen LogP contribution in [0.3, 0.4) is 0 Å². The second kappa shape index (κ2) is 8.84. The van der Waals surface area contributed by atoms with Crippen molar-refractivity contribution in [3.63, 3.8) is 0 Å². The zero-order chi connectivity index (χ0) is 20.3. The first kappa shape index (κ1) is 20.4. The van der Waals surface area contributed by atoms with E-state index >= 15 is 0 Å². The lowest BCUT2D eigenvalue weighted by molar-refractivity contribution is 0.109. The third-order valence-corrected chi connectivity index (χ3v) is 6.71. The molecule has 2 aliphatic rings. The molecule has 2 aromatic rings. The second-order valence-electron chi connectivity index (χ2n) is 8.32. The van der Waals surface area contributed by atoms with Crippen LogP contribution in [0.4, 0.5) is 14.9 Å². The Bertz CT molecular complexity index is 836. The van der Waals surface area contributed by atoms with Gasteiger partial charge in [0.25, 0.3) is 0 Å². The molecule has 1 saturated heterocycles. The third kappa shape index (κ3) is 5.17. The number of nitrogens with zero attached hydrogens (tertiary/aromatic N) is 1. The van der Waals surface area contributed by atoms with Crippen LogP contribution in [0.1, 0.15) is 37.7 Å². The Balaban J connectivity index is 1.36. The van der Waals surface area contributed by atoms with Crippen molar-refractivity contribution in [3.8, 4) is 0 Å². The van der Waals surface area contributed by atoms with Gasteiger partial charge in [0.2, 0.25) is 0 Å². The lowest BCUT2D eigenvalue weighted by Gasteiger charge is -2.46. The molecular formula is C23H27BrFN3O. The van der Waals surface area contributed by atoms with Crippen LogP contribution < -0.4 is 10.6 Å². The molecule has 0 bridgehead atoms. The average Bonchev–Trinajstić information content (AvgIpc) is 3.10. The van der Waals surface area contributed by atoms with Gasteiger partial charge in [-0.1, -0.05) is 28.1 Å². The summed E-state index contributed by atoms with van der Waals surface area (Å²) in [6, 6.07) is 14.8. The molecule has 29 heavy (non-hydrogen) atoms. The molecule has 4 rings (SSSR count). The Morgan fingerprint density at radius 1 is 1.10 bits per heavy atom. The summed E-state index contributed by atoms with van der Waals surface area (Å²) in [5.41, 5.74) is 1.81. The molecule has 2 fully saturated rings. The molecule has 1 atom stereocenters. The number of hydrogen-bond donors (Lipinski definition) is 2. The van der Waals surface area contributed by atoms with E-state index in [0.717, 1.165) is 55.4 Å². The monoisotopic (exact) mass is 459 g/mol. The van der Waals surface area contributed by atoms with Crippen LogP contribution in [0, 0.1) is 5.82 Å². The van der Waals surface area contributed by atoms with Gasteiger partial charge in [0, 0.05) is 22.7 Å². The highest BCUT2D eigenvalue weighted by Gasteiger charge is 2.42. The SMILES string of the molecule is O=C(Nc1ccc(Br)cc1)NC1(CN2CCCC2Cc2ccc(F)cc2)CCC1. The van der Waals surface area contributed by atoms with Crippen molar-refractivity contribution >= 4 is 27.6 Å². The van der Waals surface area contributed by atoms with E-state index in [9.17, 15) is 9.18 Å². The maximum absolute atomic E-state index is 13.2. The van der Waals surface area contributed by atoms with Crippen LogP contribution in [0.25, 0.3) is 0 Å². The number of amides is 2. The number of urea groups is 1. The number of nitrogens with one attached hydrogen (secondary N) is 2. The van der Waals surface area contributed by atoms with E-state index in [1.165, 1.54) is 24.1 Å². The number of anilines is 1. The lowest BCUT2D eigenvalue weighted by Crippen LogP contribution is -2.61. The molecule has 2 N–H and O–H groups in total.